The highest BCUT2D eigenvalue weighted by Crippen LogP contribution is 2.13. The fourth-order valence-corrected chi connectivity index (χ4v) is 2.40. The number of aromatic nitrogens is 4. The van der Waals surface area contributed by atoms with Crippen LogP contribution in [0.2, 0.25) is 0 Å². The van der Waals surface area contributed by atoms with Gasteiger partial charge in [-0.2, -0.15) is 0 Å². The van der Waals surface area contributed by atoms with Crippen LogP contribution in [0.4, 0.5) is 0 Å². The predicted molar refractivity (Wildman–Crippen MR) is 78.0 cm³/mol. The van der Waals surface area contributed by atoms with Crippen LogP contribution in [0, 0.1) is 0 Å². The highest BCUT2D eigenvalue weighted by molar-refractivity contribution is 5.90. The van der Waals surface area contributed by atoms with Crippen molar-refractivity contribution in [3.8, 4) is 0 Å². The Hall–Kier alpha value is -2.41. The lowest BCUT2D eigenvalue weighted by atomic mass is 10.1. The highest BCUT2D eigenvalue weighted by atomic mass is 16.5. The molecular formula is C15H17N5O2. The summed E-state index contributed by atoms with van der Waals surface area (Å²) >= 11 is 0. The van der Waals surface area contributed by atoms with Crippen molar-refractivity contribution in [2.45, 2.75) is 18.9 Å². The van der Waals surface area contributed by atoms with Crippen molar-refractivity contribution >= 4 is 5.91 Å². The number of amides is 1. The van der Waals surface area contributed by atoms with Gasteiger partial charge in [0.1, 0.15) is 6.33 Å². The minimum atomic E-state index is -0.143. The lowest BCUT2D eigenvalue weighted by molar-refractivity contribution is -0.0250. The van der Waals surface area contributed by atoms with E-state index >= 15 is 0 Å². The second-order valence-electron chi connectivity index (χ2n) is 5.06. The molecule has 2 aromatic heterocycles. The van der Waals surface area contributed by atoms with Crippen molar-refractivity contribution in [3.63, 3.8) is 0 Å². The Morgan fingerprint density at radius 2 is 2.14 bits per heavy atom. The molecule has 0 saturated carbocycles. The van der Waals surface area contributed by atoms with E-state index in [1.807, 2.05) is 6.07 Å². The molecule has 3 heterocycles. The number of carbonyl (C=O) groups is 1. The van der Waals surface area contributed by atoms with Crippen molar-refractivity contribution in [2.24, 2.45) is 0 Å². The van der Waals surface area contributed by atoms with Crippen molar-refractivity contribution < 1.29 is 9.53 Å². The number of carbonyl (C=O) groups excluding carboxylic acids is 1. The van der Waals surface area contributed by atoms with Gasteiger partial charge in [-0.1, -0.05) is 0 Å². The molecule has 1 atom stereocenters. The Kier molecular flexibility index (Phi) is 4.65. The molecule has 0 radical (unpaired) electrons. The molecular weight excluding hydrogens is 282 g/mol. The average Bonchev–Trinajstić information content (AvgIpc) is 2.61. The fourth-order valence-electron chi connectivity index (χ4n) is 2.40. The first kappa shape index (κ1) is 14.5. The van der Waals surface area contributed by atoms with Gasteiger partial charge in [0.05, 0.1) is 12.7 Å². The maximum atomic E-state index is 12.3. The number of nitrogens with zero attached hydrogens (tertiary/aromatic N) is 5. The average molecular weight is 299 g/mol. The summed E-state index contributed by atoms with van der Waals surface area (Å²) in [5.41, 5.74) is 0.980. The molecule has 1 fully saturated rings. The van der Waals surface area contributed by atoms with Crippen LogP contribution in [0.5, 0.6) is 0 Å². The summed E-state index contributed by atoms with van der Waals surface area (Å²) in [4.78, 5) is 30.2. The van der Waals surface area contributed by atoms with Gasteiger partial charge < -0.3 is 9.64 Å². The number of rotatable bonds is 4. The zero-order chi connectivity index (χ0) is 15.2. The Morgan fingerprint density at radius 1 is 1.27 bits per heavy atom. The molecule has 0 aromatic carbocycles. The standard InChI is InChI=1S/C15H17N5O2/c21-15(14-17-5-1-6-18-14)20-8-9-22-13(10-20)3-2-12-4-7-16-11-19-12/h1,4-7,11,13H,2-3,8-10H2/t13-/m1/s1. The van der Waals surface area contributed by atoms with Gasteiger partial charge in [0, 0.05) is 37.4 Å². The van der Waals surface area contributed by atoms with E-state index in [2.05, 4.69) is 19.9 Å². The minimum absolute atomic E-state index is 0.0105. The van der Waals surface area contributed by atoms with Gasteiger partial charge in [-0.15, -0.1) is 0 Å². The van der Waals surface area contributed by atoms with E-state index in [1.54, 1.807) is 35.9 Å². The molecule has 1 amide bonds. The molecule has 1 aliphatic rings. The largest absolute Gasteiger partial charge is 0.375 e. The molecule has 0 bridgehead atoms. The lowest BCUT2D eigenvalue weighted by Crippen LogP contribution is -2.46. The van der Waals surface area contributed by atoms with Crippen LogP contribution in [0.25, 0.3) is 0 Å². The number of ether oxygens (including phenoxy) is 1. The van der Waals surface area contributed by atoms with Gasteiger partial charge >= 0.3 is 0 Å². The first-order valence-electron chi connectivity index (χ1n) is 7.26. The van der Waals surface area contributed by atoms with Crippen LogP contribution in [0.15, 0.2) is 37.1 Å². The normalized spacial score (nSPS) is 18.2. The van der Waals surface area contributed by atoms with E-state index in [0.29, 0.717) is 19.7 Å². The summed E-state index contributed by atoms with van der Waals surface area (Å²) in [6.07, 6.45) is 8.05. The zero-order valence-corrected chi connectivity index (χ0v) is 12.1. The Labute approximate surface area is 128 Å². The molecule has 0 unspecified atom stereocenters. The van der Waals surface area contributed by atoms with Crippen LogP contribution < -0.4 is 0 Å². The summed E-state index contributed by atoms with van der Waals surface area (Å²) in [6, 6.07) is 3.59. The van der Waals surface area contributed by atoms with Crippen LogP contribution in [0.3, 0.4) is 0 Å². The minimum Gasteiger partial charge on any atom is -0.375 e. The van der Waals surface area contributed by atoms with Crippen LogP contribution >= 0.6 is 0 Å². The predicted octanol–water partition coefficient (Wildman–Crippen LogP) is 0.740. The van der Waals surface area contributed by atoms with Crippen molar-refractivity contribution in [2.75, 3.05) is 19.7 Å². The van der Waals surface area contributed by atoms with E-state index in [9.17, 15) is 4.79 Å². The monoisotopic (exact) mass is 299 g/mol. The van der Waals surface area contributed by atoms with E-state index in [0.717, 1.165) is 18.5 Å². The first-order valence-corrected chi connectivity index (χ1v) is 7.26. The van der Waals surface area contributed by atoms with Crippen molar-refractivity contribution in [3.05, 3.63) is 48.6 Å². The van der Waals surface area contributed by atoms with Crippen molar-refractivity contribution in [1.29, 1.82) is 0 Å². The van der Waals surface area contributed by atoms with Crippen LogP contribution in [-0.2, 0) is 11.2 Å². The molecule has 7 heteroatoms. The molecule has 0 spiro atoms. The van der Waals surface area contributed by atoms with E-state index in [4.69, 9.17) is 4.74 Å². The van der Waals surface area contributed by atoms with Gasteiger partial charge in [0.15, 0.2) is 0 Å². The smallest absolute Gasteiger partial charge is 0.291 e. The third kappa shape index (κ3) is 3.62. The summed E-state index contributed by atoms with van der Waals surface area (Å²) < 4.78 is 5.74. The SMILES string of the molecule is O=C(c1ncccn1)N1CCO[C@H](CCc2ccncn2)C1. The molecule has 0 aliphatic carbocycles. The fraction of sp³-hybridized carbons (Fsp3) is 0.400. The summed E-state index contributed by atoms with van der Waals surface area (Å²) in [6.45, 7) is 1.66. The number of hydrogen-bond acceptors (Lipinski definition) is 6. The molecule has 22 heavy (non-hydrogen) atoms. The Morgan fingerprint density at radius 3 is 2.91 bits per heavy atom. The molecule has 3 rings (SSSR count). The van der Waals surface area contributed by atoms with E-state index in [-0.39, 0.29) is 17.8 Å². The van der Waals surface area contributed by atoms with Gasteiger partial charge in [0.25, 0.3) is 5.91 Å². The molecule has 114 valence electrons. The summed E-state index contributed by atoms with van der Waals surface area (Å²) in [5.74, 6) is 0.0925. The quantitative estimate of drug-likeness (QED) is 0.828. The molecule has 0 N–H and O–H groups in total. The highest BCUT2D eigenvalue weighted by Gasteiger charge is 2.26. The molecule has 1 saturated heterocycles. The summed E-state index contributed by atoms with van der Waals surface area (Å²) in [7, 11) is 0. The third-order valence-corrected chi connectivity index (χ3v) is 3.55. The van der Waals surface area contributed by atoms with E-state index < -0.39 is 0 Å². The third-order valence-electron chi connectivity index (χ3n) is 3.55. The van der Waals surface area contributed by atoms with E-state index in [1.165, 1.54) is 0 Å². The topological polar surface area (TPSA) is 81.1 Å². The Bertz CT molecular complexity index is 608. The first-order chi connectivity index (χ1) is 10.8. The summed E-state index contributed by atoms with van der Waals surface area (Å²) in [5, 5.41) is 0. The zero-order valence-electron chi connectivity index (χ0n) is 12.1. The number of morpholine rings is 1. The van der Waals surface area contributed by atoms with Crippen LogP contribution in [-0.4, -0.2) is 56.5 Å². The molecule has 2 aromatic rings. The number of hydrogen-bond donors (Lipinski definition) is 0. The second kappa shape index (κ2) is 7.04. The maximum absolute atomic E-state index is 12.3. The van der Waals surface area contributed by atoms with Gasteiger partial charge in [-0.3, -0.25) is 4.79 Å². The second-order valence-corrected chi connectivity index (χ2v) is 5.06. The molecule has 1 aliphatic heterocycles. The van der Waals surface area contributed by atoms with Crippen molar-refractivity contribution in [1.82, 2.24) is 24.8 Å². The lowest BCUT2D eigenvalue weighted by Gasteiger charge is -2.32. The number of aryl methyl sites for hydroxylation is 1. The van der Waals surface area contributed by atoms with Crippen LogP contribution in [0.1, 0.15) is 22.7 Å². The Balaban J connectivity index is 1.56. The van der Waals surface area contributed by atoms with Gasteiger partial charge in [-0.25, -0.2) is 19.9 Å². The van der Waals surface area contributed by atoms with Gasteiger partial charge in [-0.05, 0) is 25.0 Å². The molecule has 7 nitrogen and oxygen atoms in total. The maximum Gasteiger partial charge on any atom is 0.291 e. The van der Waals surface area contributed by atoms with Gasteiger partial charge in [0.2, 0.25) is 5.82 Å².